The molecule has 0 unspecified atom stereocenters. The van der Waals surface area contributed by atoms with E-state index in [9.17, 15) is 13.9 Å². The summed E-state index contributed by atoms with van der Waals surface area (Å²) in [6.45, 7) is 5.35. The van der Waals surface area contributed by atoms with E-state index in [-0.39, 0.29) is 27.6 Å². The zero-order chi connectivity index (χ0) is 16.0. The number of aliphatic hydroxyl groups excluding tert-OH is 1. The summed E-state index contributed by atoms with van der Waals surface area (Å²) in [6.07, 6.45) is 0. The summed E-state index contributed by atoms with van der Waals surface area (Å²) in [7, 11) is 0. The van der Waals surface area contributed by atoms with Gasteiger partial charge in [-0.3, -0.25) is 0 Å². The molecule has 21 heavy (non-hydrogen) atoms. The van der Waals surface area contributed by atoms with E-state index in [4.69, 9.17) is 5.26 Å². The fraction of sp³-hybridized carbons (Fsp3) is 0.200. The Kier molecular flexibility index (Phi) is 6.00. The lowest BCUT2D eigenvalue weighted by Gasteiger charge is -2.00. The first-order chi connectivity index (χ1) is 10.0. The summed E-state index contributed by atoms with van der Waals surface area (Å²) in [5.74, 6) is -1.63. The number of nitriles is 1. The molecule has 0 aliphatic rings. The van der Waals surface area contributed by atoms with Crippen LogP contribution in [-0.4, -0.2) is 10.1 Å². The molecular formula is C15H14F2N2OS. The largest absolute Gasteiger partial charge is 0.511 e. The number of halogens is 2. The summed E-state index contributed by atoms with van der Waals surface area (Å²) in [5, 5.41) is 19.9. The van der Waals surface area contributed by atoms with Crippen LogP contribution in [0.3, 0.4) is 0 Å². The van der Waals surface area contributed by atoms with Gasteiger partial charge < -0.3 is 5.11 Å². The zero-order valence-corrected chi connectivity index (χ0v) is 12.6. The van der Waals surface area contributed by atoms with Crippen molar-refractivity contribution in [1.29, 1.82) is 5.26 Å². The highest BCUT2D eigenvalue weighted by Gasteiger charge is 2.16. The van der Waals surface area contributed by atoms with Crippen molar-refractivity contribution in [1.82, 2.24) is 4.98 Å². The van der Waals surface area contributed by atoms with Crippen LogP contribution in [0.2, 0.25) is 0 Å². The van der Waals surface area contributed by atoms with Crippen LogP contribution < -0.4 is 0 Å². The van der Waals surface area contributed by atoms with Gasteiger partial charge in [0.1, 0.15) is 34.0 Å². The maximum Gasteiger partial charge on any atom is 0.138 e. The lowest BCUT2D eigenvalue weighted by molar-refractivity contribution is 0.418. The van der Waals surface area contributed by atoms with Crippen molar-refractivity contribution in [2.75, 3.05) is 0 Å². The molecule has 3 nitrogen and oxygen atoms in total. The molecule has 110 valence electrons. The Morgan fingerprint density at radius 3 is 2.33 bits per heavy atom. The van der Waals surface area contributed by atoms with Crippen molar-refractivity contribution < 1.29 is 13.9 Å². The molecule has 0 amide bonds. The first-order valence-corrected chi connectivity index (χ1v) is 7.12. The van der Waals surface area contributed by atoms with Gasteiger partial charge in [-0.1, -0.05) is 19.9 Å². The van der Waals surface area contributed by atoms with E-state index in [1.165, 1.54) is 18.4 Å². The monoisotopic (exact) mass is 308 g/mol. The Bertz CT molecular complexity index is 678. The molecule has 1 aromatic carbocycles. The zero-order valence-electron chi connectivity index (χ0n) is 11.8. The molecule has 0 aliphatic heterocycles. The van der Waals surface area contributed by atoms with Gasteiger partial charge in [0.2, 0.25) is 0 Å². The van der Waals surface area contributed by atoms with Gasteiger partial charge in [-0.15, -0.1) is 11.3 Å². The second-order valence-corrected chi connectivity index (χ2v) is 4.56. The van der Waals surface area contributed by atoms with E-state index >= 15 is 0 Å². The number of benzene rings is 1. The predicted octanol–water partition coefficient (Wildman–Crippen LogP) is 4.93. The van der Waals surface area contributed by atoms with Crippen LogP contribution in [0.15, 0.2) is 29.3 Å². The van der Waals surface area contributed by atoms with E-state index in [0.29, 0.717) is 0 Å². The van der Waals surface area contributed by atoms with Gasteiger partial charge in [-0.2, -0.15) is 5.26 Å². The molecule has 0 atom stereocenters. The van der Waals surface area contributed by atoms with Crippen LogP contribution in [0.4, 0.5) is 8.78 Å². The van der Waals surface area contributed by atoms with E-state index < -0.39 is 11.6 Å². The molecule has 0 radical (unpaired) electrons. The molecule has 1 N–H and O–H groups in total. The fourth-order valence-corrected chi connectivity index (χ4v) is 2.39. The predicted molar refractivity (Wildman–Crippen MR) is 79.6 cm³/mol. The van der Waals surface area contributed by atoms with Crippen LogP contribution in [0.25, 0.3) is 16.8 Å². The smallest absolute Gasteiger partial charge is 0.138 e. The van der Waals surface area contributed by atoms with Gasteiger partial charge in [0, 0.05) is 5.38 Å². The molecule has 1 aromatic heterocycles. The third-order valence-electron chi connectivity index (χ3n) is 2.41. The summed E-state index contributed by atoms with van der Waals surface area (Å²) in [5.41, 5.74) is -0.143. The molecule has 0 bridgehead atoms. The molecule has 0 spiro atoms. The van der Waals surface area contributed by atoms with Gasteiger partial charge in [-0.25, -0.2) is 13.8 Å². The maximum atomic E-state index is 13.6. The SMILES string of the molecule is C/C(O)=C(\C#N)c1nc(-c2c(F)cccc2F)cs1.CC. The maximum absolute atomic E-state index is 13.6. The van der Waals surface area contributed by atoms with Gasteiger partial charge in [0.15, 0.2) is 0 Å². The van der Waals surface area contributed by atoms with Crippen LogP contribution >= 0.6 is 11.3 Å². The van der Waals surface area contributed by atoms with Crippen LogP contribution in [-0.2, 0) is 0 Å². The van der Waals surface area contributed by atoms with E-state index in [1.54, 1.807) is 6.07 Å². The topological polar surface area (TPSA) is 56.9 Å². The third-order valence-corrected chi connectivity index (χ3v) is 3.27. The van der Waals surface area contributed by atoms with Crippen molar-refractivity contribution in [3.8, 4) is 17.3 Å². The standard InChI is InChI=1S/C13H8F2N2OS.C2H6/c1-7(18)8(5-16)13-17-11(6-19-13)12-9(14)3-2-4-10(12)15;1-2/h2-4,6,18H,1H3;1-2H3/b8-7-;. The minimum Gasteiger partial charge on any atom is -0.511 e. The number of rotatable bonds is 2. The summed E-state index contributed by atoms with van der Waals surface area (Å²) < 4.78 is 27.2. The average Bonchev–Trinajstić information content (AvgIpc) is 2.90. The van der Waals surface area contributed by atoms with Crippen molar-refractivity contribution in [3.63, 3.8) is 0 Å². The molecule has 1 heterocycles. The number of hydrogen-bond donors (Lipinski definition) is 1. The molecular weight excluding hydrogens is 294 g/mol. The quantitative estimate of drug-likeness (QED) is 0.632. The fourth-order valence-electron chi connectivity index (χ4n) is 1.53. The van der Waals surface area contributed by atoms with Crippen molar-refractivity contribution in [2.45, 2.75) is 20.8 Å². The number of nitrogens with zero attached hydrogens (tertiary/aromatic N) is 2. The molecule has 6 heteroatoms. The number of thiazole rings is 1. The highest BCUT2D eigenvalue weighted by atomic mass is 32.1. The van der Waals surface area contributed by atoms with Crippen LogP contribution in [0.1, 0.15) is 25.8 Å². The van der Waals surface area contributed by atoms with Crippen LogP contribution in [0.5, 0.6) is 0 Å². The second kappa shape index (κ2) is 7.50. The number of aliphatic hydroxyl groups is 1. The first kappa shape index (κ1) is 16.8. The Morgan fingerprint density at radius 2 is 1.86 bits per heavy atom. The Balaban J connectivity index is 0.00000106. The van der Waals surface area contributed by atoms with Gasteiger partial charge in [0.05, 0.1) is 11.3 Å². The molecule has 0 saturated carbocycles. The molecule has 0 fully saturated rings. The Labute approximate surface area is 125 Å². The summed E-state index contributed by atoms with van der Waals surface area (Å²) in [6, 6.07) is 5.34. The summed E-state index contributed by atoms with van der Waals surface area (Å²) >= 11 is 1.04. The summed E-state index contributed by atoms with van der Waals surface area (Å²) in [4.78, 5) is 3.99. The minimum absolute atomic E-state index is 0.00648. The highest BCUT2D eigenvalue weighted by Crippen LogP contribution is 2.30. The number of hydrogen-bond acceptors (Lipinski definition) is 4. The van der Waals surface area contributed by atoms with Gasteiger partial charge >= 0.3 is 0 Å². The van der Waals surface area contributed by atoms with Gasteiger partial charge in [0.25, 0.3) is 0 Å². The number of aromatic nitrogens is 1. The number of allylic oxidation sites excluding steroid dienone is 2. The van der Waals surface area contributed by atoms with Gasteiger partial charge in [-0.05, 0) is 19.1 Å². The van der Waals surface area contributed by atoms with Crippen molar-refractivity contribution in [3.05, 3.63) is 46.0 Å². The molecule has 0 saturated heterocycles. The second-order valence-electron chi connectivity index (χ2n) is 3.71. The molecule has 0 aliphatic carbocycles. The minimum atomic E-state index is -0.722. The Morgan fingerprint density at radius 1 is 1.29 bits per heavy atom. The van der Waals surface area contributed by atoms with E-state index in [1.807, 2.05) is 13.8 Å². The normalized spacial score (nSPS) is 11.0. The highest BCUT2D eigenvalue weighted by molar-refractivity contribution is 7.11. The van der Waals surface area contributed by atoms with E-state index in [2.05, 4.69) is 4.98 Å². The molecule has 2 rings (SSSR count). The lowest BCUT2D eigenvalue weighted by Crippen LogP contribution is -1.91. The third kappa shape index (κ3) is 3.64. The van der Waals surface area contributed by atoms with Crippen molar-refractivity contribution >= 4 is 16.9 Å². The Hall–Kier alpha value is -2.26. The van der Waals surface area contributed by atoms with E-state index in [0.717, 1.165) is 23.5 Å². The first-order valence-electron chi connectivity index (χ1n) is 6.24. The lowest BCUT2D eigenvalue weighted by atomic mass is 10.1. The van der Waals surface area contributed by atoms with Crippen LogP contribution in [0, 0.1) is 23.0 Å². The van der Waals surface area contributed by atoms with Crippen molar-refractivity contribution in [2.24, 2.45) is 0 Å². The molecule has 2 aromatic rings. The average molecular weight is 308 g/mol.